The van der Waals surface area contributed by atoms with Crippen molar-refractivity contribution < 1.29 is 23.0 Å². The van der Waals surface area contributed by atoms with Gasteiger partial charge in [-0.25, -0.2) is 0 Å². The molecule has 1 aliphatic rings. The van der Waals surface area contributed by atoms with Crippen LogP contribution in [0.15, 0.2) is 0 Å². The van der Waals surface area contributed by atoms with Crippen LogP contribution in [0.3, 0.4) is 0 Å². The minimum atomic E-state index is -0.135. The smallest absolute Gasteiger partial charge is 0.453 e. The molecular weight excluding hydrogens is 195 g/mol. The Kier molecular flexibility index (Phi) is 8.27. The first kappa shape index (κ1) is 15.1. The molecule has 1 rings (SSSR count). The van der Waals surface area contributed by atoms with Gasteiger partial charge in [-0.15, -0.1) is 0 Å². The number of rotatable bonds is 2. The summed E-state index contributed by atoms with van der Waals surface area (Å²) in [5.41, 5.74) is 0. The molecule has 0 N–H and O–H groups in total. The van der Waals surface area contributed by atoms with Gasteiger partial charge in [-0.2, -0.15) is 0 Å². The van der Waals surface area contributed by atoms with E-state index in [1.807, 2.05) is 27.3 Å². The Bertz CT molecular complexity index is 133. The van der Waals surface area contributed by atoms with Gasteiger partial charge in [-0.3, -0.25) is 0 Å². The predicted molar refractivity (Wildman–Crippen MR) is 63.7 cm³/mol. The molecule has 0 aromatic heterocycles. The van der Waals surface area contributed by atoms with E-state index in [-0.39, 0.29) is 28.5 Å². The van der Waals surface area contributed by atoms with Crippen LogP contribution in [0.4, 0.5) is 0 Å². The fraction of sp³-hybridized carbons (Fsp3) is 1.00. The van der Waals surface area contributed by atoms with Gasteiger partial charge in [0, 0.05) is 14.2 Å². The van der Waals surface area contributed by atoms with E-state index in [0.29, 0.717) is 0 Å². The molecule has 1 fully saturated rings. The molecule has 1 aliphatic heterocycles. The normalized spacial score (nSPS) is 16.0. The van der Waals surface area contributed by atoms with E-state index in [1.165, 1.54) is 0 Å². The molecule has 5 nitrogen and oxygen atoms in total. The maximum absolute atomic E-state index is 5.11. The Morgan fingerprint density at radius 3 is 1.20 bits per heavy atom. The van der Waals surface area contributed by atoms with Crippen LogP contribution in [-0.2, 0) is 23.0 Å². The molecule has 15 heavy (non-hydrogen) atoms. The van der Waals surface area contributed by atoms with Gasteiger partial charge in [-0.1, -0.05) is 0 Å². The summed E-state index contributed by atoms with van der Waals surface area (Å²) in [6.07, 6.45) is 0. The highest BCUT2D eigenvalue weighted by Gasteiger charge is 2.31. The Morgan fingerprint density at radius 2 is 1.07 bits per heavy atom. The first-order valence-corrected chi connectivity index (χ1v) is 5.01. The third kappa shape index (κ3) is 7.93. The van der Waals surface area contributed by atoms with Gasteiger partial charge in [0.25, 0.3) is 0 Å². The van der Waals surface area contributed by atoms with E-state index in [1.54, 1.807) is 14.2 Å². The Balaban J connectivity index is 0.000000288. The van der Waals surface area contributed by atoms with Crippen LogP contribution < -0.4 is 0 Å². The van der Waals surface area contributed by atoms with Crippen molar-refractivity contribution in [3.63, 3.8) is 0 Å². The third-order valence-corrected chi connectivity index (χ3v) is 1.81. The molecule has 0 saturated carbocycles. The summed E-state index contributed by atoms with van der Waals surface area (Å²) in [4.78, 5) is 0. The van der Waals surface area contributed by atoms with E-state index in [0.717, 1.165) is 0 Å². The maximum atomic E-state index is 5.11. The molecule has 1 heterocycles. The van der Waals surface area contributed by atoms with Crippen molar-refractivity contribution in [1.82, 2.24) is 0 Å². The van der Waals surface area contributed by atoms with Gasteiger partial charge in [0.05, 0.1) is 0 Å². The molecular formula is C6H18B4O5. The predicted octanol–water partition coefficient (Wildman–Crippen LogP) is 0.801. The van der Waals surface area contributed by atoms with Crippen molar-refractivity contribution in [3.8, 4) is 0 Å². The minimum Gasteiger partial charge on any atom is -0.453 e. The number of hydrogen-bond acceptors (Lipinski definition) is 5. The lowest BCUT2D eigenvalue weighted by molar-refractivity contribution is 0.285. The highest BCUT2D eigenvalue weighted by Crippen LogP contribution is 2.06. The van der Waals surface area contributed by atoms with Crippen molar-refractivity contribution >= 4 is 28.5 Å². The van der Waals surface area contributed by atoms with Crippen LogP contribution in [0.5, 0.6) is 0 Å². The van der Waals surface area contributed by atoms with Gasteiger partial charge in [0.15, 0.2) is 0 Å². The average Bonchev–Trinajstić information content (AvgIpc) is 2.15. The highest BCUT2D eigenvalue weighted by molar-refractivity contribution is 6.72. The quantitative estimate of drug-likeness (QED) is 0.635. The summed E-state index contributed by atoms with van der Waals surface area (Å²) in [6, 6.07) is 0. The molecule has 1 saturated heterocycles. The molecule has 84 valence electrons. The van der Waals surface area contributed by atoms with E-state index in [9.17, 15) is 0 Å². The van der Waals surface area contributed by atoms with Crippen molar-refractivity contribution in [2.75, 3.05) is 14.2 Å². The van der Waals surface area contributed by atoms with E-state index in [2.05, 4.69) is 9.31 Å². The monoisotopic (exact) mass is 214 g/mol. The molecule has 0 amide bonds. The Labute approximate surface area is 93.7 Å². The second kappa shape index (κ2) is 8.24. The van der Waals surface area contributed by atoms with E-state index >= 15 is 0 Å². The summed E-state index contributed by atoms with van der Waals surface area (Å²) in [6.45, 7) is 7.40. The summed E-state index contributed by atoms with van der Waals surface area (Å²) < 4.78 is 24.7. The molecule has 0 aliphatic carbocycles. The highest BCUT2D eigenvalue weighted by atomic mass is 16.7. The molecule has 0 radical (unpaired) electrons. The first-order valence-electron chi connectivity index (χ1n) is 5.01. The zero-order chi connectivity index (χ0) is 11.8. The third-order valence-electron chi connectivity index (χ3n) is 1.81. The zero-order valence-corrected chi connectivity index (χ0v) is 10.4. The van der Waals surface area contributed by atoms with Crippen LogP contribution in [0.25, 0.3) is 0 Å². The van der Waals surface area contributed by atoms with E-state index < -0.39 is 0 Å². The van der Waals surface area contributed by atoms with Crippen LogP contribution in [-0.4, -0.2) is 42.7 Å². The van der Waals surface area contributed by atoms with Gasteiger partial charge in [-0.05, 0) is 27.3 Å². The van der Waals surface area contributed by atoms with Crippen molar-refractivity contribution in [2.24, 2.45) is 0 Å². The van der Waals surface area contributed by atoms with Crippen LogP contribution in [0, 0.1) is 0 Å². The largest absolute Gasteiger partial charge is 0.453 e. The zero-order valence-electron chi connectivity index (χ0n) is 10.4. The summed E-state index contributed by atoms with van der Waals surface area (Å²) in [5.74, 6) is 0. The second-order valence-corrected chi connectivity index (χ2v) is 3.15. The molecule has 0 aromatic carbocycles. The lowest BCUT2D eigenvalue weighted by atomic mass is 9.74. The van der Waals surface area contributed by atoms with Crippen molar-refractivity contribution in [2.45, 2.75) is 27.3 Å². The first-order chi connectivity index (χ1) is 6.99. The fourth-order valence-corrected chi connectivity index (χ4v) is 1.00. The number of hydrogen-bond donors (Lipinski definition) is 0. The van der Waals surface area contributed by atoms with Crippen LogP contribution in [0.2, 0.25) is 27.3 Å². The second-order valence-electron chi connectivity index (χ2n) is 3.15. The average molecular weight is 213 g/mol. The van der Waals surface area contributed by atoms with E-state index in [4.69, 9.17) is 13.7 Å². The standard InChI is InChI=1S/C3H9B3O3.C3H9BO2/c1-4-7-5(2)9-6(3)8-4;1-4(5-2)6-3/h1-3H3;1-3H3. The van der Waals surface area contributed by atoms with Crippen molar-refractivity contribution in [3.05, 3.63) is 0 Å². The summed E-state index contributed by atoms with van der Waals surface area (Å²) in [5, 5.41) is 0. The van der Waals surface area contributed by atoms with Gasteiger partial charge in [0.1, 0.15) is 0 Å². The van der Waals surface area contributed by atoms with Gasteiger partial charge >= 0.3 is 28.5 Å². The topological polar surface area (TPSA) is 46.2 Å². The van der Waals surface area contributed by atoms with Crippen LogP contribution in [0.1, 0.15) is 0 Å². The summed E-state index contributed by atoms with van der Waals surface area (Å²) >= 11 is 0. The minimum absolute atomic E-state index is 0.0648. The van der Waals surface area contributed by atoms with Crippen LogP contribution >= 0.6 is 0 Å². The van der Waals surface area contributed by atoms with Crippen molar-refractivity contribution in [1.29, 1.82) is 0 Å². The molecule has 0 atom stereocenters. The molecule has 0 aromatic rings. The fourth-order valence-electron chi connectivity index (χ4n) is 1.00. The SMILES string of the molecule is CB1OB(C)OB(C)O1.COB(C)OC. The lowest BCUT2D eigenvalue weighted by Crippen LogP contribution is -2.44. The van der Waals surface area contributed by atoms with Gasteiger partial charge < -0.3 is 23.0 Å². The molecule has 0 unspecified atom stereocenters. The molecule has 0 bridgehead atoms. The summed E-state index contributed by atoms with van der Waals surface area (Å²) in [7, 11) is 2.74. The maximum Gasteiger partial charge on any atom is 0.453 e. The van der Waals surface area contributed by atoms with Gasteiger partial charge in [0.2, 0.25) is 0 Å². The Hall–Kier alpha value is 0.0597. The molecule has 9 heteroatoms. The molecule has 0 spiro atoms. The Morgan fingerprint density at radius 1 is 0.800 bits per heavy atom. The lowest BCUT2D eigenvalue weighted by Gasteiger charge is -2.25.